The maximum Gasteiger partial charge on any atom is 0.427 e. The van der Waals surface area contributed by atoms with Crippen LogP contribution in [0.5, 0.6) is 0 Å². The zero-order chi connectivity index (χ0) is 8.58. The summed E-state index contributed by atoms with van der Waals surface area (Å²) in [5.74, 6) is -2.31. The molecule has 0 aromatic rings. The van der Waals surface area contributed by atoms with E-state index in [0.717, 1.165) is 0 Å². The van der Waals surface area contributed by atoms with E-state index in [1.807, 2.05) is 0 Å². The minimum Gasteiger partial charge on any atom is -0.479 e. The van der Waals surface area contributed by atoms with Crippen molar-refractivity contribution in [3.05, 3.63) is 0 Å². The molecule has 0 saturated heterocycles. The summed E-state index contributed by atoms with van der Waals surface area (Å²) >= 11 is 0. The first-order valence-corrected chi connectivity index (χ1v) is 2.22. The second-order valence-corrected chi connectivity index (χ2v) is 1.88. The van der Waals surface area contributed by atoms with Crippen LogP contribution in [0.1, 0.15) is 6.92 Å². The first-order valence-electron chi connectivity index (χ1n) is 2.22. The molecule has 2 N–H and O–H groups in total. The molecule has 0 aromatic carbocycles. The summed E-state index contributed by atoms with van der Waals surface area (Å²) in [6.45, 7) is 0.176. The number of halogens is 3. The number of rotatable bonds is 1. The van der Waals surface area contributed by atoms with E-state index < -0.39 is 17.7 Å². The maximum absolute atomic E-state index is 11.5. The van der Waals surface area contributed by atoms with Gasteiger partial charge in [-0.1, -0.05) is 0 Å². The zero-order valence-electron chi connectivity index (χ0n) is 4.94. The van der Waals surface area contributed by atoms with Crippen molar-refractivity contribution in [3.63, 3.8) is 0 Å². The number of alkyl halides is 3. The Labute approximate surface area is 54.1 Å². The molecule has 0 amide bonds. The average molecular weight is 158 g/mol. The summed E-state index contributed by atoms with van der Waals surface area (Å²) < 4.78 is 34.4. The largest absolute Gasteiger partial charge is 0.479 e. The van der Waals surface area contributed by atoms with Crippen LogP contribution in [0, 0.1) is 0 Å². The highest BCUT2D eigenvalue weighted by Gasteiger charge is 2.56. The summed E-state index contributed by atoms with van der Waals surface area (Å²) in [5.41, 5.74) is -3.65. The number of aliphatic hydroxyl groups is 1. The SMILES string of the molecule is C[C@@](O)(C(=O)O)C(F)(F)F. The number of carboxylic acid groups (broad SMARTS) is 1. The smallest absolute Gasteiger partial charge is 0.427 e. The lowest BCUT2D eigenvalue weighted by molar-refractivity contribution is -0.253. The highest BCUT2D eigenvalue weighted by molar-refractivity contribution is 5.77. The predicted octanol–water partition coefficient (Wildman–Crippen LogP) is 0.384. The van der Waals surface area contributed by atoms with Gasteiger partial charge in [0.25, 0.3) is 5.60 Å². The number of carbonyl (C=O) groups is 1. The second kappa shape index (κ2) is 2.12. The summed E-state index contributed by atoms with van der Waals surface area (Å²) in [7, 11) is 0. The molecule has 0 aliphatic heterocycles. The molecule has 0 bridgehead atoms. The average Bonchev–Trinajstić information content (AvgIpc) is 1.62. The van der Waals surface area contributed by atoms with Crippen molar-refractivity contribution in [2.75, 3.05) is 0 Å². The van der Waals surface area contributed by atoms with Gasteiger partial charge in [-0.2, -0.15) is 13.2 Å². The Morgan fingerprint density at radius 2 is 1.70 bits per heavy atom. The van der Waals surface area contributed by atoms with E-state index in [1.165, 1.54) is 0 Å². The first-order chi connectivity index (χ1) is 4.19. The van der Waals surface area contributed by atoms with E-state index in [9.17, 15) is 18.0 Å². The molecule has 0 aliphatic rings. The van der Waals surface area contributed by atoms with Gasteiger partial charge in [-0.05, 0) is 6.92 Å². The summed E-state index contributed by atoms with van der Waals surface area (Å²) in [6.07, 6.45) is -5.13. The molecule has 0 fully saturated rings. The zero-order valence-corrected chi connectivity index (χ0v) is 4.94. The standard InChI is InChI=1S/C4H5F3O3/c1-3(10,2(8)9)4(5,6)7/h10H,1H3,(H,8,9)/t3-/m1/s1. The van der Waals surface area contributed by atoms with Crippen LogP contribution in [0.15, 0.2) is 0 Å². The summed E-state index contributed by atoms with van der Waals surface area (Å²) in [4.78, 5) is 9.70. The van der Waals surface area contributed by atoms with Gasteiger partial charge >= 0.3 is 12.1 Å². The number of aliphatic carboxylic acids is 1. The second-order valence-electron chi connectivity index (χ2n) is 1.88. The van der Waals surface area contributed by atoms with Crippen LogP contribution in [-0.4, -0.2) is 28.0 Å². The van der Waals surface area contributed by atoms with E-state index in [-0.39, 0.29) is 6.92 Å². The molecule has 0 heterocycles. The molecule has 60 valence electrons. The lowest BCUT2D eigenvalue weighted by Crippen LogP contribution is -2.49. The van der Waals surface area contributed by atoms with Gasteiger partial charge in [-0.15, -0.1) is 0 Å². The van der Waals surface area contributed by atoms with Gasteiger partial charge in [0.05, 0.1) is 0 Å². The summed E-state index contributed by atoms with van der Waals surface area (Å²) in [6, 6.07) is 0. The van der Waals surface area contributed by atoms with Gasteiger partial charge in [0, 0.05) is 0 Å². The maximum atomic E-state index is 11.5. The van der Waals surface area contributed by atoms with Crippen LogP contribution in [0.4, 0.5) is 13.2 Å². The van der Waals surface area contributed by atoms with E-state index in [1.54, 1.807) is 0 Å². The van der Waals surface area contributed by atoms with Gasteiger partial charge < -0.3 is 10.2 Å². The van der Waals surface area contributed by atoms with Crippen molar-refractivity contribution in [2.45, 2.75) is 18.7 Å². The van der Waals surface area contributed by atoms with Gasteiger partial charge in [-0.3, -0.25) is 0 Å². The molecule has 0 aromatic heterocycles. The van der Waals surface area contributed by atoms with Crippen LogP contribution in [0.2, 0.25) is 0 Å². The third-order valence-corrected chi connectivity index (χ3v) is 0.968. The van der Waals surface area contributed by atoms with E-state index >= 15 is 0 Å². The fourth-order valence-electron chi connectivity index (χ4n) is 0.121. The molecule has 3 nitrogen and oxygen atoms in total. The lowest BCUT2D eigenvalue weighted by atomic mass is 10.1. The van der Waals surface area contributed by atoms with Crippen molar-refractivity contribution < 1.29 is 28.2 Å². The number of hydrogen-bond donors (Lipinski definition) is 2. The number of hydrogen-bond acceptors (Lipinski definition) is 2. The molecule has 0 unspecified atom stereocenters. The Morgan fingerprint density at radius 3 is 1.70 bits per heavy atom. The minimum atomic E-state index is -5.13. The van der Waals surface area contributed by atoms with Crippen LogP contribution >= 0.6 is 0 Å². The molecule has 0 aliphatic carbocycles. The molecule has 0 rings (SSSR count). The quantitative estimate of drug-likeness (QED) is 0.580. The molecule has 0 radical (unpaired) electrons. The van der Waals surface area contributed by atoms with Gasteiger partial charge in [-0.25, -0.2) is 4.79 Å². The first kappa shape index (κ1) is 9.22. The summed E-state index contributed by atoms with van der Waals surface area (Å²) in [5, 5.41) is 16.0. The third-order valence-electron chi connectivity index (χ3n) is 0.968. The van der Waals surface area contributed by atoms with Crippen molar-refractivity contribution in [2.24, 2.45) is 0 Å². The minimum absolute atomic E-state index is 0.176. The molecule has 1 atom stereocenters. The topological polar surface area (TPSA) is 57.5 Å². The van der Waals surface area contributed by atoms with Gasteiger partial charge in [0.1, 0.15) is 0 Å². The van der Waals surface area contributed by atoms with Crippen LogP contribution < -0.4 is 0 Å². The van der Waals surface area contributed by atoms with Crippen molar-refractivity contribution in [1.82, 2.24) is 0 Å². The van der Waals surface area contributed by atoms with E-state index in [2.05, 4.69) is 0 Å². The highest BCUT2D eigenvalue weighted by atomic mass is 19.4. The Kier molecular flexibility index (Phi) is 1.95. The van der Waals surface area contributed by atoms with Gasteiger partial charge in [0.15, 0.2) is 0 Å². The lowest BCUT2D eigenvalue weighted by Gasteiger charge is -2.20. The van der Waals surface area contributed by atoms with Crippen molar-refractivity contribution in [3.8, 4) is 0 Å². The van der Waals surface area contributed by atoms with E-state index in [4.69, 9.17) is 10.2 Å². The molecule has 6 heteroatoms. The van der Waals surface area contributed by atoms with Crippen LogP contribution in [0.3, 0.4) is 0 Å². The monoisotopic (exact) mass is 158 g/mol. The van der Waals surface area contributed by atoms with E-state index in [0.29, 0.717) is 0 Å². The molecule has 0 saturated carbocycles. The Bertz CT molecular complexity index is 148. The third kappa shape index (κ3) is 1.38. The Balaban J connectivity index is 4.57. The molecule has 0 spiro atoms. The Hall–Kier alpha value is -0.780. The normalized spacial score (nSPS) is 18.1. The number of carboxylic acids is 1. The fraction of sp³-hybridized carbons (Fsp3) is 0.750. The van der Waals surface area contributed by atoms with Crippen molar-refractivity contribution >= 4 is 5.97 Å². The Morgan fingerprint density at radius 1 is 1.40 bits per heavy atom. The predicted molar refractivity (Wildman–Crippen MR) is 24.3 cm³/mol. The molecule has 10 heavy (non-hydrogen) atoms. The molecular weight excluding hydrogens is 153 g/mol. The van der Waals surface area contributed by atoms with Crippen LogP contribution in [0.25, 0.3) is 0 Å². The van der Waals surface area contributed by atoms with Crippen molar-refractivity contribution in [1.29, 1.82) is 0 Å². The van der Waals surface area contributed by atoms with Crippen LogP contribution in [-0.2, 0) is 4.79 Å². The molecular formula is C4H5F3O3. The highest BCUT2D eigenvalue weighted by Crippen LogP contribution is 2.29. The van der Waals surface area contributed by atoms with Gasteiger partial charge in [0.2, 0.25) is 0 Å². The fourth-order valence-corrected chi connectivity index (χ4v) is 0.121.